The summed E-state index contributed by atoms with van der Waals surface area (Å²) in [5, 5.41) is 2.97. The highest BCUT2D eigenvalue weighted by atomic mass is 32.2. The Morgan fingerprint density at radius 3 is 2.57 bits per heavy atom. The second-order valence-electron chi connectivity index (χ2n) is 5.31. The number of carbonyl (C=O) groups is 1. The molecule has 0 aliphatic rings. The molecule has 0 fully saturated rings. The zero-order chi connectivity index (χ0) is 15.7. The van der Waals surface area contributed by atoms with Crippen molar-refractivity contribution in [3.63, 3.8) is 0 Å². The van der Waals surface area contributed by atoms with Crippen LogP contribution in [0.1, 0.15) is 32.8 Å². The van der Waals surface area contributed by atoms with Crippen LogP contribution in [0.15, 0.2) is 36.4 Å². The minimum Gasteiger partial charge on any atom is -0.449 e. The van der Waals surface area contributed by atoms with Crippen LogP contribution >= 0.6 is 11.8 Å². The molecule has 4 heteroatoms. The van der Waals surface area contributed by atoms with Crippen LogP contribution in [-0.2, 0) is 4.74 Å². The molecule has 0 radical (unpaired) electrons. The summed E-state index contributed by atoms with van der Waals surface area (Å²) in [5.41, 5.74) is 1.11. The van der Waals surface area contributed by atoms with Gasteiger partial charge in [-0.3, -0.25) is 0 Å². The maximum Gasteiger partial charge on any atom is 0.408 e. The van der Waals surface area contributed by atoms with Crippen molar-refractivity contribution in [3.05, 3.63) is 42.0 Å². The first-order chi connectivity index (χ1) is 10.0. The van der Waals surface area contributed by atoms with Gasteiger partial charge in [-0.05, 0) is 30.2 Å². The van der Waals surface area contributed by atoms with Gasteiger partial charge in [-0.1, -0.05) is 57.2 Å². The molecule has 1 aromatic carbocycles. The Bertz CT molecular complexity index is 453. The molecule has 3 nitrogen and oxygen atoms in total. The van der Waals surface area contributed by atoms with Crippen LogP contribution in [0.3, 0.4) is 0 Å². The molecule has 1 atom stereocenters. The van der Waals surface area contributed by atoms with E-state index in [2.05, 4.69) is 12.2 Å². The average Bonchev–Trinajstić information content (AvgIpc) is 2.50. The molecule has 1 aromatic rings. The van der Waals surface area contributed by atoms with Crippen LogP contribution in [0, 0.1) is 5.92 Å². The molecule has 0 spiro atoms. The van der Waals surface area contributed by atoms with Gasteiger partial charge >= 0.3 is 6.09 Å². The number of rotatable bonds is 7. The van der Waals surface area contributed by atoms with Crippen molar-refractivity contribution >= 4 is 23.9 Å². The third kappa shape index (κ3) is 6.25. The highest BCUT2D eigenvalue weighted by molar-refractivity contribution is 8.00. The van der Waals surface area contributed by atoms with Crippen LogP contribution in [0.5, 0.6) is 0 Å². The van der Waals surface area contributed by atoms with E-state index in [1.807, 2.05) is 62.6 Å². The van der Waals surface area contributed by atoms with E-state index in [1.54, 1.807) is 11.8 Å². The van der Waals surface area contributed by atoms with E-state index in [4.69, 9.17) is 4.74 Å². The van der Waals surface area contributed by atoms with Crippen molar-refractivity contribution in [1.29, 1.82) is 0 Å². The number of hydrogen-bond donors (Lipinski definition) is 1. The summed E-state index contributed by atoms with van der Waals surface area (Å²) in [7, 11) is 0. The van der Waals surface area contributed by atoms with E-state index < -0.39 is 4.87 Å². The Balaban J connectivity index is 2.73. The topological polar surface area (TPSA) is 38.3 Å². The molecule has 0 bridgehead atoms. The lowest BCUT2D eigenvalue weighted by molar-refractivity contribution is 0.129. The van der Waals surface area contributed by atoms with Crippen molar-refractivity contribution in [1.82, 2.24) is 5.32 Å². The van der Waals surface area contributed by atoms with Crippen LogP contribution < -0.4 is 5.32 Å². The molecule has 1 N–H and O–H groups in total. The number of alkyl carbamates (subject to hydrolysis) is 1. The van der Waals surface area contributed by atoms with Gasteiger partial charge in [0.15, 0.2) is 0 Å². The summed E-state index contributed by atoms with van der Waals surface area (Å²) in [6.45, 7) is 6.52. The molecule has 0 aromatic heterocycles. The molecule has 116 valence electrons. The first-order valence-corrected chi connectivity index (χ1v) is 8.48. The molecule has 1 rings (SSSR count). The average molecular weight is 307 g/mol. The number of hydrogen-bond acceptors (Lipinski definition) is 3. The number of carbonyl (C=O) groups excluding carboxylic acids is 1. The number of amides is 1. The summed E-state index contributed by atoms with van der Waals surface area (Å²) >= 11 is 1.60. The molecular weight excluding hydrogens is 282 g/mol. The van der Waals surface area contributed by atoms with E-state index in [-0.39, 0.29) is 6.09 Å². The van der Waals surface area contributed by atoms with Crippen LogP contribution in [0.4, 0.5) is 4.79 Å². The lowest BCUT2D eigenvalue weighted by atomic mass is 10.1. The number of nitrogens with one attached hydrogen (secondary N) is 1. The molecule has 0 aliphatic carbocycles. The number of thioether (sulfide) groups is 1. The van der Waals surface area contributed by atoms with E-state index >= 15 is 0 Å². The molecule has 0 aliphatic heterocycles. The Hall–Kier alpha value is -1.42. The monoisotopic (exact) mass is 307 g/mol. The molecule has 21 heavy (non-hydrogen) atoms. The molecule has 0 saturated heterocycles. The lowest BCUT2D eigenvalue weighted by Crippen LogP contribution is -2.44. The summed E-state index contributed by atoms with van der Waals surface area (Å²) in [6.07, 6.45) is 6.47. The highest BCUT2D eigenvalue weighted by Gasteiger charge is 2.26. The van der Waals surface area contributed by atoms with Gasteiger partial charge in [0.1, 0.15) is 4.87 Å². The standard InChI is InChI=1S/C17H25NO2S/c1-5-17(21-4,18-16(19)20-13-14(2)3)12-11-15-9-7-6-8-10-15/h6-12,14H,5,13H2,1-4H3,(H,18,19)/b12-11+/t17-/m1/s1. The van der Waals surface area contributed by atoms with Gasteiger partial charge < -0.3 is 10.1 Å². The van der Waals surface area contributed by atoms with Crippen LogP contribution in [0.2, 0.25) is 0 Å². The second kappa shape index (κ2) is 8.78. The summed E-state index contributed by atoms with van der Waals surface area (Å²) < 4.78 is 5.22. The smallest absolute Gasteiger partial charge is 0.408 e. The molecular formula is C17H25NO2S. The molecule has 0 heterocycles. The van der Waals surface area contributed by atoms with E-state index in [0.29, 0.717) is 12.5 Å². The molecule has 1 amide bonds. The first kappa shape index (κ1) is 17.6. The molecule has 0 unspecified atom stereocenters. The predicted octanol–water partition coefficient (Wildman–Crippen LogP) is 4.55. The highest BCUT2D eigenvalue weighted by Crippen LogP contribution is 2.26. The third-order valence-electron chi connectivity index (χ3n) is 3.10. The van der Waals surface area contributed by atoms with Gasteiger partial charge in [-0.25, -0.2) is 4.79 Å². The Labute approximate surface area is 132 Å². The normalized spacial score (nSPS) is 14.1. The Kier molecular flexibility index (Phi) is 7.37. The lowest BCUT2D eigenvalue weighted by Gasteiger charge is -2.28. The van der Waals surface area contributed by atoms with E-state index in [0.717, 1.165) is 12.0 Å². The minimum absolute atomic E-state index is 0.334. The van der Waals surface area contributed by atoms with Crippen LogP contribution in [-0.4, -0.2) is 23.8 Å². The maximum absolute atomic E-state index is 11.9. The second-order valence-corrected chi connectivity index (χ2v) is 6.45. The molecule has 0 saturated carbocycles. The van der Waals surface area contributed by atoms with Crippen molar-refractivity contribution in [3.8, 4) is 0 Å². The fourth-order valence-electron chi connectivity index (χ4n) is 1.76. The SMILES string of the molecule is CC[C@@](/C=C/c1ccccc1)(NC(=O)OCC(C)C)SC. The number of ether oxygens (including phenoxy) is 1. The van der Waals surface area contributed by atoms with Gasteiger partial charge in [0.25, 0.3) is 0 Å². The predicted molar refractivity (Wildman–Crippen MR) is 91.3 cm³/mol. The Morgan fingerprint density at radius 1 is 1.38 bits per heavy atom. The largest absolute Gasteiger partial charge is 0.449 e. The summed E-state index contributed by atoms with van der Waals surface area (Å²) in [4.78, 5) is 11.5. The Morgan fingerprint density at radius 2 is 2.05 bits per heavy atom. The summed E-state index contributed by atoms with van der Waals surface area (Å²) in [6, 6.07) is 10.1. The fourth-order valence-corrected chi connectivity index (χ4v) is 2.44. The van der Waals surface area contributed by atoms with Crippen molar-refractivity contribution in [2.75, 3.05) is 12.9 Å². The summed E-state index contributed by atoms with van der Waals surface area (Å²) in [5.74, 6) is 0.334. The van der Waals surface area contributed by atoms with Gasteiger partial charge in [-0.15, -0.1) is 11.8 Å². The van der Waals surface area contributed by atoms with Gasteiger partial charge in [0.05, 0.1) is 6.61 Å². The fraction of sp³-hybridized carbons (Fsp3) is 0.471. The van der Waals surface area contributed by atoms with E-state index in [1.165, 1.54) is 0 Å². The quantitative estimate of drug-likeness (QED) is 0.751. The third-order valence-corrected chi connectivity index (χ3v) is 4.35. The first-order valence-electron chi connectivity index (χ1n) is 7.25. The van der Waals surface area contributed by atoms with Gasteiger partial charge in [-0.2, -0.15) is 0 Å². The van der Waals surface area contributed by atoms with Crippen molar-refractivity contribution < 1.29 is 9.53 Å². The number of benzene rings is 1. The van der Waals surface area contributed by atoms with Gasteiger partial charge in [0, 0.05) is 0 Å². The maximum atomic E-state index is 11.9. The minimum atomic E-state index is -0.441. The van der Waals surface area contributed by atoms with E-state index in [9.17, 15) is 4.79 Å². The zero-order valence-corrected chi connectivity index (χ0v) is 14.1. The van der Waals surface area contributed by atoms with Crippen molar-refractivity contribution in [2.45, 2.75) is 32.1 Å². The van der Waals surface area contributed by atoms with Crippen LogP contribution in [0.25, 0.3) is 6.08 Å². The van der Waals surface area contributed by atoms with Gasteiger partial charge in [0.2, 0.25) is 0 Å². The van der Waals surface area contributed by atoms with Crippen molar-refractivity contribution in [2.24, 2.45) is 5.92 Å². The zero-order valence-electron chi connectivity index (χ0n) is 13.3.